The van der Waals surface area contributed by atoms with E-state index in [1.165, 1.54) is 30.4 Å². The molecular weight excluding hydrogens is 310 g/mol. The summed E-state index contributed by atoms with van der Waals surface area (Å²) in [6.07, 6.45) is 4.69. The molecule has 3 rings (SSSR count). The molecule has 1 saturated heterocycles. The van der Waals surface area contributed by atoms with Crippen molar-refractivity contribution in [3.05, 3.63) is 35.4 Å². The largest absolute Gasteiger partial charge is 0.351 e. The molecule has 0 spiro atoms. The Morgan fingerprint density at radius 3 is 2.76 bits per heavy atom. The first-order chi connectivity index (χ1) is 12.2. The number of benzene rings is 1. The molecule has 2 atom stereocenters. The van der Waals surface area contributed by atoms with Gasteiger partial charge in [-0.05, 0) is 49.5 Å². The fraction of sp³-hybridized carbons (Fsp3) is 0.667. The van der Waals surface area contributed by atoms with Crippen molar-refractivity contribution in [1.82, 2.24) is 15.5 Å². The van der Waals surface area contributed by atoms with E-state index < -0.39 is 0 Å². The van der Waals surface area contributed by atoms with Crippen LogP contribution >= 0.6 is 0 Å². The third-order valence-electron chi connectivity index (χ3n) is 6.34. The Morgan fingerprint density at radius 2 is 2.00 bits per heavy atom. The maximum absolute atomic E-state index is 13.1. The predicted molar refractivity (Wildman–Crippen MR) is 102 cm³/mol. The molecule has 4 nitrogen and oxygen atoms in total. The van der Waals surface area contributed by atoms with Crippen LogP contribution in [0.1, 0.15) is 50.7 Å². The molecule has 1 saturated carbocycles. The summed E-state index contributed by atoms with van der Waals surface area (Å²) in [7, 11) is 0. The molecule has 1 amide bonds. The van der Waals surface area contributed by atoms with E-state index in [9.17, 15) is 4.79 Å². The van der Waals surface area contributed by atoms with E-state index in [2.05, 4.69) is 53.6 Å². The second-order valence-corrected chi connectivity index (χ2v) is 7.64. The van der Waals surface area contributed by atoms with Gasteiger partial charge in [-0.1, -0.05) is 51.0 Å². The average Bonchev–Trinajstić information content (AvgIpc) is 3.10. The quantitative estimate of drug-likeness (QED) is 0.800. The molecule has 0 bridgehead atoms. The van der Waals surface area contributed by atoms with Crippen LogP contribution in [0.15, 0.2) is 24.3 Å². The lowest BCUT2D eigenvalue weighted by atomic mass is 9.67. The Bertz CT molecular complexity index is 584. The summed E-state index contributed by atoms with van der Waals surface area (Å²) in [5, 5.41) is 6.75. The van der Waals surface area contributed by atoms with E-state index >= 15 is 0 Å². The van der Waals surface area contributed by atoms with Crippen LogP contribution in [0.5, 0.6) is 0 Å². The lowest BCUT2D eigenvalue weighted by molar-refractivity contribution is -0.134. The zero-order chi connectivity index (χ0) is 17.7. The highest BCUT2D eigenvalue weighted by Crippen LogP contribution is 2.43. The molecule has 0 aromatic heterocycles. The normalized spacial score (nSPS) is 25.8. The number of nitrogens with one attached hydrogen (secondary N) is 2. The van der Waals surface area contributed by atoms with Crippen molar-refractivity contribution in [2.75, 3.05) is 26.2 Å². The van der Waals surface area contributed by atoms with E-state index in [1.54, 1.807) is 0 Å². The minimum atomic E-state index is -0.161. The molecule has 4 heteroatoms. The van der Waals surface area contributed by atoms with Crippen molar-refractivity contribution in [3.8, 4) is 0 Å². The number of hydrogen-bond donors (Lipinski definition) is 2. The van der Waals surface area contributed by atoms with Gasteiger partial charge in [0.05, 0.1) is 5.41 Å². The highest BCUT2D eigenvalue weighted by molar-refractivity contribution is 5.83. The van der Waals surface area contributed by atoms with E-state index in [-0.39, 0.29) is 11.3 Å². The number of carbonyl (C=O) groups excluding carboxylic acids is 1. The van der Waals surface area contributed by atoms with Crippen molar-refractivity contribution in [2.24, 2.45) is 11.3 Å². The summed E-state index contributed by atoms with van der Waals surface area (Å²) in [5.74, 6) is 0.784. The third kappa shape index (κ3) is 3.90. The van der Waals surface area contributed by atoms with Crippen molar-refractivity contribution in [1.29, 1.82) is 0 Å². The van der Waals surface area contributed by atoms with Crippen LogP contribution in [-0.2, 0) is 17.9 Å². The summed E-state index contributed by atoms with van der Waals surface area (Å²) < 4.78 is 0. The van der Waals surface area contributed by atoms with Gasteiger partial charge < -0.3 is 10.6 Å². The van der Waals surface area contributed by atoms with Gasteiger partial charge in [0.25, 0.3) is 0 Å². The zero-order valence-corrected chi connectivity index (χ0v) is 15.8. The summed E-state index contributed by atoms with van der Waals surface area (Å²) >= 11 is 0. The lowest BCUT2D eigenvalue weighted by Gasteiger charge is -2.37. The van der Waals surface area contributed by atoms with Gasteiger partial charge in [0, 0.05) is 19.6 Å². The summed E-state index contributed by atoms with van der Waals surface area (Å²) in [6, 6.07) is 8.52. The minimum absolute atomic E-state index is 0.161. The summed E-state index contributed by atoms with van der Waals surface area (Å²) in [6.45, 7) is 9.95. The van der Waals surface area contributed by atoms with Gasteiger partial charge in [-0.3, -0.25) is 9.69 Å². The van der Waals surface area contributed by atoms with Gasteiger partial charge in [0.1, 0.15) is 0 Å². The molecule has 1 aromatic rings. The Balaban J connectivity index is 1.66. The van der Waals surface area contributed by atoms with Crippen LogP contribution in [0, 0.1) is 11.3 Å². The second-order valence-electron chi connectivity index (χ2n) is 7.64. The average molecular weight is 344 g/mol. The number of rotatable bonds is 7. The molecule has 1 aliphatic carbocycles. The number of hydrogen-bond acceptors (Lipinski definition) is 3. The molecule has 0 unspecified atom stereocenters. The van der Waals surface area contributed by atoms with Gasteiger partial charge in [-0.25, -0.2) is 0 Å². The molecule has 0 radical (unpaired) electrons. The molecule has 2 fully saturated rings. The van der Waals surface area contributed by atoms with Crippen LogP contribution in [0.2, 0.25) is 0 Å². The molecule has 138 valence electrons. The van der Waals surface area contributed by atoms with E-state index in [4.69, 9.17) is 0 Å². The molecule has 1 aromatic carbocycles. The number of amides is 1. The van der Waals surface area contributed by atoms with Gasteiger partial charge in [0.15, 0.2) is 0 Å². The maximum Gasteiger partial charge on any atom is 0.228 e. The first-order valence-corrected chi connectivity index (χ1v) is 9.97. The van der Waals surface area contributed by atoms with Crippen molar-refractivity contribution >= 4 is 5.91 Å². The van der Waals surface area contributed by atoms with Gasteiger partial charge >= 0.3 is 0 Å². The molecule has 1 aliphatic heterocycles. The Hall–Kier alpha value is -1.39. The Labute approximate surface area is 152 Å². The number of carbonyl (C=O) groups is 1. The standard InChI is InChI=1S/C21H33N3O/c1-3-24(4-2)15-18-10-6-5-9-17(18)13-23-20(25)21-12-8-7-11-19(21)14-22-16-21/h5-6,9-10,19,22H,3-4,7-8,11-16H2,1-2H3,(H,23,25)/t19-,21+/m0/s1. The molecule has 2 N–H and O–H groups in total. The smallest absolute Gasteiger partial charge is 0.228 e. The first kappa shape index (κ1) is 18.4. The topological polar surface area (TPSA) is 44.4 Å². The first-order valence-electron chi connectivity index (χ1n) is 9.97. The zero-order valence-electron chi connectivity index (χ0n) is 15.8. The van der Waals surface area contributed by atoms with Crippen LogP contribution in [0.3, 0.4) is 0 Å². The third-order valence-corrected chi connectivity index (χ3v) is 6.34. The highest BCUT2D eigenvalue weighted by atomic mass is 16.2. The fourth-order valence-electron chi connectivity index (χ4n) is 4.61. The van der Waals surface area contributed by atoms with Crippen molar-refractivity contribution in [2.45, 2.75) is 52.6 Å². The fourth-order valence-corrected chi connectivity index (χ4v) is 4.61. The van der Waals surface area contributed by atoms with E-state index in [0.29, 0.717) is 12.5 Å². The van der Waals surface area contributed by atoms with E-state index in [0.717, 1.165) is 39.1 Å². The van der Waals surface area contributed by atoms with Crippen LogP contribution in [-0.4, -0.2) is 37.0 Å². The lowest BCUT2D eigenvalue weighted by Crippen LogP contribution is -2.47. The Kier molecular flexibility index (Phi) is 6.13. The van der Waals surface area contributed by atoms with E-state index in [1.807, 2.05) is 0 Å². The number of nitrogens with zero attached hydrogens (tertiary/aromatic N) is 1. The molecular formula is C21H33N3O. The van der Waals surface area contributed by atoms with Crippen molar-refractivity contribution in [3.63, 3.8) is 0 Å². The SMILES string of the molecule is CCN(CC)Cc1ccccc1CNC(=O)[C@@]12CCCC[C@H]1CNC2. The van der Waals surface area contributed by atoms with Crippen molar-refractivity contribution < 1.29 is 4.79 Å². The summed E-state index contributed by atoms with van der Waals surface area (Å²) in [4.78, 5) is 15.5. The minimum Gasteiger partial charge on any atom is -0.351 e. The Morgan fingerprint density at radius 1 is 1.24 bits per heavy atom. The predicted octanol–water partition coefficient (Wildman–Crippen LogP) is 2.92. The maximum atomic E-state index is 13.1. The summed E-state index contributed by atoms with van der Waals surface area (Å²) in [5.41, 5.74) is 2.41. The second kappa shape index (κ2) is 8.33. The van der Waals surface area contributed by atoms with Crippen LogP contribution in [0.4, 0.5) is 0 Å². The number of fused-ring (bicyclic) bond motifs is 1. The van der Waals surface area contributed by atoms with Crippen LogP contribution < -0.4 is 10.6 Å². The highest BCUT2D eigenvalue weighted by Gasteiger charge is 2.49. The van der Waals surface area contributed by atoms with Gasteiger partial charge in [-0.15, -0.1) is 0 Å². The molecule has 1 heterocycles. The van der Waals surface area contributed by atoms with Gasteiger partial charge in [-0.2, -0.15) is 0 Å². The van der Waals surface area contributed by atoms with Crippen LogP contribution in [0.25, 0.3) is 0 Å². The monoisotopic (exact) mass is 343 g/mol. The molecule has 25 heavy (non-hydrogen) atoms. The molecule has 2 aliphatic rings. The van der Waals surface area contributed by atoms with Gasteiger partial charge in [0.2, 0.25) is 5.91 Å².